The Morgan fingerprint density at radius 2 is 1.79 bits per heavy atom. The Labute approximate surface area is 172 Å². The predicted octanol–water partition coefficient (Wildman–Crippen LogP) is 2.49. The maximum atomic E-state index is 13.1. The standard InChI is InChI=1S/C23H30N4O2/c1-17(2)21(25-22(28)20-9-5-4-7-18(20)3)23(29)27-13-11-26(12-14-27)16-19-8-6-10-24-15-19/h4-10,15,17,21H,11-14,16H2,1-3H3,(H,25,28). The van der Waals surface area contributed by atoms with Crippen molar-refractivity contribution in [2.75, 3.05) is 26.2 Å². The maximum Gasteiger partial charge on any atom is 0.252 e. The molecular weight excluding hydrogens is 364 g/mol. The molecule has 3 rings (SSSR count). The fourth-order valence-electron chi connectivity index (χ4n) is 3.63. The van der Waals surface area contributed by atoms with E-state index in [4.69, 9.17) is 0 Å². The number of rotatable bonds is 6. The minimum Gasteiger partial charge on any atom is -0.340 e. The van der Waals surface area contributed by atoms with Gasteiger partial charge in [0.1, 0.15) is 6.04 Å². The molecule has 0 spiro atoms. The second-order valence-corrected chi connectivity index (χ2v) is 7.97. The van der Waals surface area contributed by atoms with Crippen molar-refractivity contribution in [3.05, 3.63) is 65.5 Å². The van der Waals surface area contributed by atoms with Gasteiger partial charge in [0.05, 0.1) is 0 Å². The quantitative estimate of drug-likeness (QED) is 0.818. The topological polar surface area (TPSA) is 65.5 Å². The van der Waals surface area contributed by atoms with Gasteiger partial charge in [0.25, 0.3) is 5.91 Å². The van der Waals surface area contributed by atoms with Gasteiger partial charge in [-0.2, -0.15) is 0 Å². The number of carbonyl (C=O) groups excluding carboxylic acids is 2. The number of aryl methyl sites for hydroxylation is 1. The van der Waals surface area contributed by atoms with E-state index in [1.54, 1.807) is 12.3 Å². The van der Waals surface area contributed by atoms with Gasteiger partial charge in [-0.1, -0.05) is 38.1 Å². The maximum absolute atomic E-state index is 13.1. The fourth-order valence-corrected chi connectivity index (χ4v) is 3.63. The number of amides is 2. The largest absolute Gasteiger partial charge is 0.340 e. The van der Waals surface area contributed by atoms with Crippen molar-refractivity contribution < 1.29 is 9.59 Å². The molecule has 1 fully saturated rings. The number of hydrogen-bond donors (Lipinski definition) is 1. The molecule has 0 aliphatic carbocycles. The molecule has 1 aromatic carbocycles. The van der Waals surface area contributed by atoms with Crippen LogP contribution in [0.3, 0.4) is 0 Å². The Morgan fingerprint density at radius 1 is 1.07 bits per heavy atom. The normalized spacial score (nSPS) is 15.9. The smallest absolute Gasteiger partial charge is 0.252 e. The molecule has 0 saturated carbocycles. The predicted molar refractivity (Wildman–Crippen MR) is 113 cm³/mol. The summed E-state index contributed by atoms with van der Waals surface area (Å²) in [5, 5.41) is 2.97. The molecule has 154 valence electrons. The van der Waals surface area contributed by atoms with E-state index < -0.39 is 6.04 Å². The van der Waals surface area contributed by atoms with Crippen LogP contribution in [0.4, 0.5) is 0 Å². The third-order valence-corrected chi connectivity index (χ3v) is 5.42. The second-order valence-electron chi connectivity index (χ2n) is 7.97. The zero-order valence-electron chi connectivity index (χ0n) is 17.5. The molecule has 1 aliphatic rings. The molecular formula is C23H30N4O2. The SMILES string of the molecule is Cc1ccccc1C(=O)NC(C(=O)N1CCN(Cc2cccnc2)CC1)C(C)C. The van der Waals surface area contributed by atoms with Crippen molar-refractivity contribution >= 4 is 11.8 Å². The summed E-state index contributed by atoms with van der Waals surface area (Å²) in [6, 6.07) is 10.9. The third-order valence-electron chi connectivity index (χ3n) is 5.42. The molecule has 2 heterocycles. The van der Waals surface area contributed by atoms with Crippen LogP contribution < -0.4 is 5.32 Å². The fraction of sp³-hybridized carbons (Fsp3) is 0.435. The van der Waals surface area contributed by atoms with Crippen LogP contribution in [0.2, 0.25) is 0 Å². The number of piperazine rings is 1. The highest BCUT2D eigenvalue weighted by atomic mass is 16.2. The van der Waals surface area contributed by atoms with Crippen LogP contribution in [0.15, 0.2) is 48.8 Å². The summed E-state index contributed by atoms with van der Waals surface area (Å²) in [6.45, 7) is 9.66. The van der Waals surface area contributed by atoms with E-state index in [-0.39, 0.29) is 17.7 Å². The highest BCUT2D eigenvalue weighted by Gasteiger charge is 2.31. The average molecular weight is 395 g/mol. The number of hydrogen-bond acceptors (Lipinski definition) is 4. The van der Waals surface area contributed by atoms with Gasteiger partial charge >= 0.3 is 0 Å². The number of pyridine rings is 1. The van der Waals surface area contributed by atoms with Crippen molar-refractivity contribution in [1.82, 2.24) is 20.1 Å². The lowest BCUT2D eigenvalue weighted by atomic mass is 10.0. The molecule has 1 unspecified atom stereocenters. The minimum atomic E-state index is -0.521. The monoisotopic (exact) mass is 394 g/mol. The molecule has 1 aromatic heterocycles. The van der Waals surface area contributed by atoms with Gasteiger partial charge in [0.2, 0.25) is 5.91 Å². The summed E-state index contributed by atoms with van der Waals surface area (Å²) in [5.41, 5.74) is 2.70. The van der Waals surface area contributed by atoms with E-state index in [0.29, 0.717) is 18.7 Å². The number of nitrogens with zero attached hydrogens (tertiary/aromatic N) is 3. The van der Waals surface area contributed by atoms with Crippen molar-refractivity contribution in [3.8, 4) is 0 Å². The van der Waals surface area contributed by atoms with E-state index in [1.165, 1.54) is 5.56 Å². The van der Waals surface area contributed by atoms with E-state index in [1.807, 2.05) is 56.1 Å². The average Bonchev–Trinajstić information content (AvgIpc) is 2.73. The molecule has 1 aliphatic heterocycles. The lowest BCUT2D eigenvalue weighted by molar-refractivity contribution is -0.136. The molecule has 1 atom stereocenters. The molecule has 1 saturated heterocycles. The number of carbonyl (C=O) groups is 2. The van der Waals surface area contributed by atoms with E-state index >= 15 is 0 Å². The Morgan fingerprint density at radius 3 is 2.41 bits per heavy atom. The number of aromatic nitrogens is 1. The Hall–Kier alpha value is -2.73. The molecule has 0 radical (unpaired) electrons. The van der Waals surface area contributed by atoms with E-state index in [9.17, 15) is 9.59 Å². The number of benzene rings is 1. The van der Waals surface area contributed by atoms with Crippen LogP contribution in [-0.2, 0) is 11.3 Å². The van der Waals surface area contributed by atoms with Gasteiger partial charge in [-0.15, -0.1) is 0 Å². The van der Waals surface area contributed by atoms with E-state index in [0.717, 1.165) is 25.2 Å². The van der Waals surface area contributed by atoms with Crippen LogP contribution >= 0.6 is 0 Å². The summed E-state index contributed by atoms with van der Waals surface area (Å²) < 4.78 is 0. The summed E-state index contributed by atoms with van der Waals surface area (Å²) in [7, 11) is 0. The summed E-state index contributed by atoms with van der Waals surface area (Å²) >= 11 is 0. The van der Waals surface area contributed by atoms with Crippen molar-refractivity contribution in [2.45, 2.75) is 33.4 Å². The van der Waals surface area contributed by atoms with Crippen molar-refractivity contribution in [1.29, 1.82) is 0 Å². The van der Waals surface area contributed by atoms with Crippen LogP contribution in [0.25, 0.3) is 0 Å². The Balaban J connectivity index is 1.58. The Kier molecular flexibility index (Phi) is 6.99. The van der Waals surface area contributed by atoms with Gasteiger partial charge in [-0.05, 0) is 36.1 Å². The second kappa shape index (κ2) is 9.65. The molecule has 6 heteroatoms. The molecule has 0 bridgehead atoms. The highest BCUT2D eigenvalue weighted by molar-refractivity contribution is 5.98. The molecule has 2 amide bonds. The first-order valence-electron chi connectivity index (χ1n) is 10.2. The van der Waals surface area contributed by atoms with Crippen LogP contribution in [0.5, 0.6) is 0 Å². The molecule has 6 nitrogen and oxygen atoms in total. The highest BCUT2D eigenvalue weighted by Crippen LogP contribution is 2.14. The van der Waals surface area contributed by atoms with Crippen LogP contribution in [0, 0.1) is 12.8 Å². The molecule has 1 N–H and O–H groups in total. The summed E-state index contributed by atoms with van der Waals surface area (Å²) in [4.78, 5) is 34.2. The minimum absolute atomic E-state index is 0.00274. The molecule has 29 heavy (non-hydrogen) atoms. The van der Waals surface area contributed by atoms with Gasteiger partial charge in [-0.25, -0.2) is 0 Å². The first kappa shape index (κ1) is 21.0. The van der Waals surface area contributed by atoms with Gasteiger partial charge in [0.15, 0.2) is 0 Å². The first-order chi connectivity index (χ1) is 14.0. The lowest BCUT2D eigenvalue weighted by Gasteiger charge is -2.37. The van der Waals surface area contributed by atoms with Gasteiger partial charge < -0.3 is 10.2 Å². The summed E-state index contributed by atoms with van der Waals surface area (Å²) in [6.07, 6.45) is 3.66. The van der Waals surface area contributed by atoms with Gasteiger partial charge in [-0.3, -0.25) is 19.5 Å². The van der Waals surface area contributed by atoms with Gasteiger partial charge in [0, 0.05) is 50.7 Å². The van der Waals surface area contributed by atoms with Crippen LogP contribution in [-0.4, -0.2) is 58.8 Å². The van der Waals surface area contributed by atoms with E-state index in [2.05, 4.69) is 21.3 Å². The first-order valence-corrected chi connectivity index (χ1v) is 10.2. The van der Waals surface area contributed by atoms with Crippen molar-refractivity contribution in [3.63, 3.8) is 0 Å². The number of nitrogens with one attached hydrogen (secondary N) is 1. The summed E-state index contributed by atoms with van der Waals surface area (Å²) in [5.74, 6) is -0.169. The zero-order chi connectivity index (χ0) is 20.8. The van der Waals surface area contributed by atoms with Crippen LogP contribution in [0.1, 0.15) is 35.3 Å². The molecule has 2 aromatic rings. The third kappa shape index (κ3) is 5.41. The van der Waals surface area contributed by atoms with Crippen molar-refractivity contribution in [2.24, 2.45) is 5.92 Å². The lowest BCUT2D eigenvalue weighted by Crippen LogP contribution is -2.56. The Bertz CT molecular complexity index is 830. The zero-order valence-corrected chi connectivity index (χ0v) is 17.5.